The second-order valence-corrected chi connectivity index (χ2v) is 3.75. The van der Waals surface area contributed by atoms with E-state index < -0.39 is 0 Å². The highest BCUT2D eigenvalue weighted by molar-refractivity contribution is 7.05. The van der Waals surface area contributed by atoms with E-state index in [-0.39, 0.29) is 5.54 Å². The molecular formula is C8H10N2S. The molecule has 1 aliphatic rings. The first-order valence-corrected chi connectivity index (χ1v) is 4.44. The molecule has 0 atom stereocenters. The van der Waals surface area contributed by atoms with Crippen LogP contribution in [0.5, 0.6) is 0 Å². The first-order chi connectivity index (χ1) is 5.31. The van der Waals surface area contributed by atoms with Crippen molar-refractivity contribution in [3.05, 3.63) is 29.3 Å². The van der Waals surface area contributed by atoms with Gasteiger partial charge >= 0.3 is 0 Å². The van der Waals surface area contributed by atoms with Gasteiger partial charge in [-0.05, 0) is 30.4 Å². The molecule has 0 spiro atoms. The van der Waals surface area contributed by atoms with Crippen LogP contribution in [0.2, 0.25) is 0 Å². The van der Waals surface area contributed by atoms with Gasteiger partial charge in [-0.25, -0.2) is 4.37 Å². The van der Waals surface area contributed by atoms with E-state index >= 15 is 0 Å². The van der Waals surface area contributed by atoms with Gasteiger partial charge in [-0.2, -0.15) is 0 Å². The Balaban J connectivity index is 2.29. The number of nitrogens with two attached hydrogens (primary N) is 1. The Morgan fingerprint density at radius 2 is 2.18 bits per heavy atom. The molecule has 2 rings (SSSR count). The van der Waals surface area contributed by atoms with E-state index in [1.54, 1.807) is 0 Å². The molecule has 0 bridgehead atoms. The molecule has 1 aromatic heterocycles. The van der Waals surface area contributed by atoms with Crippen molar-refractivity contribution in [1.82, 2.24) is 4.37 Å². The number of hydrogen-bond donors (Lipinski definition) is 1. The van der Waals surface area contributed by atoms with Gasteiger partial charge in [0.05, 0.1) is 5.54 Å². The van der Waals surface area contributed by atoms with E-state index in [0.29, 0.717) is 0 Å². The normalized spacial score (nSPS) is 20.8. The largest absolute Gasteiger partial charge is 0.320 e. The number of hydrogen-bond acceptors (Lipinski definition) is 3. The third-order valence-electron chi connectivity index (χ3n) is 2.06. The minimum atomic E-state index is -0.138. The molecule has 1 aromatic rings. The third-order valence-corrected chi connectivity index (χ3v) is 3.03. The molecule has 0 amide bonds. The average Bonchev–Trinajstić information content (AvgIpc) is 2.55. The maximum absolute atomic E-state index is 6.13. The Kier molecular flexibility index (Phi) is 1.55. The van der Waals surface area contributed by atoms with E-state index in [1.807, 2.05) is 12.3 Å². The maximum atomic E-state index is 6.13. The van der Waals surface area contributed by atoms with Crippen molar-refractivity contribution in [1.29, 1.82) is 0 Å². The number of nitrogens with zero attached hydrogens (tertiary/aromatic N) is 1. The molecule has 0 aromatic carbocycles. The van der Waals surface area contributed by atoms with Crippen molar-refractivity contribution < 1.29 is 0 Å². The van der Waals surface area contributed by atoms with Crippen LogP contribution in [0.4, 0.5) is 0 Å². The van der Waals surface area contributed by atoms with Gasteiger partial charge in [-0.1, -0.05) is 12.2 Å². The predicted molar refractivity (Wildman–Crippen MR) is 46.4 cm³/mol. The highest BCUT2D eigenvalue weighted by Gasteiger charge is 2.29. The van der Waals surface area contributed by atoms with E-state index in [2.05, 4.69) is 16.5 Å². The molecule has 0 fully saturated rings. The van der Waals surface area contributed by atoms with Crippen molar-refractivity contribution in [2.45, 2.75) is 18.4 Å². The van der Waals surface area contributed by atoms with Crippen molar-refractivity contribution >= 4 is 11.5 Å². The van der Waals surface area contributed by atoms with Gasteiger partial charge < -0.3 is 5.73 Å². The summed E-state index contributed by atoms with van der Waals surface area (Å²) in [6, 6.07) is 2.01. The summed E-state index contributed by atoms with van der Waals surface area (Å²) in [7, 11) is 0. The Hall–Kier alpha value is -0.670. The van der Waals surface area contributed by atoms with Crippen LogP contribution in [-0.2, 0) is 5.54 Å². The van der Waals surface area contributed by atoms with Crippen molar-refractivity contribution in [2.24, 2.45) is 5.73 Å². The maximum Gasteiger partial charge on any atom is 0.0589 e. The SMILES string of the molecule is NC1(c2ccns2)CC=CC1. The lowest BCUT2D eigenvalue weighted by Crippen LogP contribution is -2.32. The van der Waals surface area contributed by atoms with E-state index in [0.717, 1.165) is 12.8 Å². The van der Waals surface area contributed by atoms with E-state index in [4.69, 9.17) is 5.73 Å². The zero-order valence-electron chi connectivity index (χ0n) is 6.16. The fourth-order valence-corrected chi connectivity index (χ4v) is 2.05. The van der Waals surface area contributed by atoms with Crippen LogP contribution >= 0.6 is 11.5 Å². The van der Waals surface area contributed by atoms with E-state index in [9.17, 15) is 0 Å². The van der Waals surface area contributed by atoms with Crippen LogP contribution < -0.4 is 5.73 Å². The highest BCUT2D eigenvalue weighted by atomic mass is 32.1. The van der Waals surface area contributed by atoms with Gasteiger partial charge in [0.1, 0.15) is 0 Å². The molecule has 11 heavy (non-hydrogen) atoms. The molecule has 2 nitrogen and oxygen atoms in total. The quantitative estimate of drug-likeness (QED) is 0.644. The predicted octanol–water partition coefficient (Wildman–Crippen LogP) is 1.65. The second kappa shape index (κ2) is 2.43. The van der Waals surface area contributed by atoms with Gasteiger partial charge in [0.25, 0.3) is 0 Å². The molecule has 0 unspecified atom stereocenters. The van der Waals surface area contributed by atoms with Gasteiger partial charge in [0.2, 0.25) is 0 Å². The standard InChI is InChI=1S/C8H10N2S/c9-8(4-1-2-5-8)7-3-6-10-11-7/h1-3,6H,4-5,9H2. The molecule has 0 aliphatic heterocycles. The summed E-state index contributed by atoms with van der Waals surface area (Å²) in [5, 5.41) is 0. The van der Waals surface area contributed by atoms with E-state index in [1.165, 1.54) is 16.4 Å². The van der Waals surface area contributed by atoms with Crippen LogP contribution in [0.1, 0.15) is 17.7 Å². The van der Waals surface area contributed by atoms with Crippen LogP contribution in [-0.4, -0.2) is 4.37 Å². The fourth-order valence-electron chi connectivity index (χ4n) is 1.34. The van der Waals surface area contributed by atoms with Gasteiger partial charge in [0.15, 0.2) is 0 Å². The molecule has 2 N–H and O–H groups in total. The summed E-state index contributed by atoms with van der Waals surface area (Å²) in [6.07, 6.45) is 8.00. The Labute approximate surface area is 69.9 Å². The molecule has 0 saturated carbocycles. The van der Waals surface area contributed by atoms with Crippen molar-refractivity contribution in [3.63, 3.8) is 0 Å². The minimum Gasteiger partial charge on any atom is -0.320 e. The smallest absolute Gasteiger partial charge is 0.0589 e. The first kappa shape index (κ1) is 7.00. The number of rotatable bonds is 1. The molecule has 3 heteroatoms. The molecule has 0 radical (unpaired) electrons. The number of aromatic nitrogens is 1. The first-order valence-electron chi connectivity index (χ1n) is 3.66. The van der Waals surface area contributed by atoms with Gasteiger partial charge in [-0.3, -0.25) is 0 Å². The van der Waals surface area contributed by atoms with Gasteiger partial charge in [-0.15, -0.1) is 0 Å². The Morgan fingerprint density at radius 3 is 2.73 bits per heavy atom. The summed E-state index contributed by atoms with van der Waals surface area (Å²) in [5.41, 5.74) is 6.00. The molecule has 0 saturated heterocycles. The minimum absolute atomic E-state index is 0.138. The highest BCUT2D eigenvalue weighted by Crippen LogP contribution is 2.33. The van der Waals surface area contributed by atoms with Crippen molar-refractivity contribution in [2.75, 3.05) is 0 Å². The average molecular weight is 166 g/mol. The Bertz CT molecular complexity index is 256. The van der Waals surface area contributed by atoms with Crippen LogP contribution in [0.25, 0.3) is 0 Å². The topological polar surface area (TPSA) is 38.9 Å². The summed E-state index contributed by atoms with van der Waals surface area (Å²) in [6.45, 7) is 0. The second-order valence-electron chi connectivity index (χ2n) is 2.91. The molecule has 1 heterocycles. The third kappa shape index (κ3) is 1.10. The monoisotopic (exact) mass is 166 g/mol. The zero-order chi connectivity index (χ0) is 7.73. The summed E-state index contributed by atoms with van der Waals surface area (Å²) < 4.78 is 4.05. The lowest BCUT2D eigenvalue weighted by Gasteiger charge is -2.20. The fraction of sp³-hybridized carbons (Fsp3) is 0.375. The molecule has 58 valence electrons. The van der Waals surface area contributed by atoms with Crippen LogP contribution in [0.15, 0.2) is 24.4 Å². The molecule has 1 aliphatic carbocycles. The van der Waals surface area contributed by atoms with Crippen LogP contribution in [0.3, 0.4) is 0 Å². The van der Waals surface area contributed by atoms with Crippen LogP contribution in [0, 0.1) is 0 Å². The Morgan fingerprint density at radius 1 is 1.45 bits per heavy atom. The summed E-state index contributed by atoms with van der Waals surface area (Å²) in [5.74, 6) is 0. The van der Waals surface area contributed by atoms with Crippen molar-refractivity contribution in [3.8, 4) is 0 Å². The molecular weight excluding hydrogens is 156 g/mol. The summed E-state index contributed by atoms with van der Waals surface area (Å²) >= 11 is 1.50. The lowest BCUT2D eigenvalue weighted by molar-refractivity contribution is 0.491. The summed E-state index contributed by atoms with van der Waals surface area (Å²) in [4.78, 5) is 1.20. The lowest BCUT2D eigenvalue weighted by atomic mass is 9.96. The zero-order valence-corrected chi connectivity index (χ0v) is 6.97. The van der Waals surface area contributed by atoms with Gasteiger partial charge in [0, 0.05) is 11.1 Å².